The Hall–Kier alpha value is -1.14. The molecule has 1 fully saturated rings. The van der Waals surface area contributed by atoms with Gasteiger partial charge in [0.05, 0.1) is 0 Å². The zero-order valence-corrected chi connectivity index (χ0v) is 11.1. The van der Waals surface area contributed by atoms with Crippen molar-refractivity contribution >= 4 is 12.2 Å². The average molecular weight is 258 g/mol. The summed E-state index contributed by atoms with van der Waals surface area (Å²) in [6.45, 7) is 1.08. The summed E-state index contributed by atoms with van der Waals surface area (Å²) in [4.78, 5) is 9.00. The first-order chi connectivity index (χ1) is 8.52. The minimum absolute atomic E-state index is 0.541. The molecule has 0 unspecified atom stereocenters. The largest absolute Gasteiger partial charge is 0.481 e. The Morgan fingerprint density at radius 1 is 1.44 bits per heavy atom. The lowest BCUT2D eigenvalue weighted by Gasteiger charge is -2.20. The summed E-state index contributed by atoms with van der Waals surface area (Å²) in [5.41, 5.74) is 13.1. The molecule has 0 radical (unpaired) electrons. The van der Waals surface area contributed by atoms with Crippen LogP contribution in [0.2, 0.25) is 0 Å². The number of hydrogen-bond donors (Lipinski definition) is 4. The molecule has 18 heavy (non-hydrogen) atoms. The van der Waals surface area contributed by atoms with Gasteiger partial charge in [-0.3, -0.25) is 21.7 Å². The highest BCUT2D eigenvalue weighted by molar-refractivity contribution is 5.62. The smallest absolute Gasteiger partial charge is 0.300 e. The van der Waals surface area contributed by atoms with Gasteiger partial charge >= 0.3 is 0 Å². The van der Waals surface area contributed by atoms with Crippen LogP contribution in [0.3, 0.4) is 0 Å². The molecule has 0 heterocycles. The molecule has 1 rings (SSSR count). The number of carboxylic acid groups (broad SMARTS) is 1. The topological polar surface area (TPSA) is 114 Å². The summed E-state index contributed by atoms with van der Waals surface area (Å²) in [5, 5.41) is 11.3. The van der Waals surface area contributed by atoms with Crippen LogP contribution in [0.1, 0.15) is 51.9 Å². The third-order valence-electron chi connectivity index (χ3n) is 2.74. The van der Waals surface area contributed by atoms with Crippen LogP contribution in [0, 0.1) is 5.92 Å². The molecule has 0 saturated heterocycles. The Kier molecular flexibility index (Phi) is 10.3. The van der Waals surface area contributed by atoms with Crippen LogP contribution in [-0.4, -0.2) is 23.6 Å². The van der Waals surface area contributed by atoms with E-state index in [0.29, 0.717) is 0 Å². The molecule has 1 aliphatic rings. The number of hydrogen-bond acceptors (Lipinski definition) is 5. The zero-order chi connectivity index (χ0) is 13.8. The maximum absolute atomic E-state index is 9.00. The fourth-order valence-electron chi connectivity index (χ4n) is 1.99. The van der Waals surface area contributed by atoms with Gasteiger partial charge in [0.1, 0.15) is 6.29 Å². The lowest BCUT2D eigenvalue weighted by atomic mass is 9.86. The number of carboxylic acids is 1. The molecule has 6 nitrogen and oxygen atoms in total. The first-order valence-corrected chi connectivity index (χ1v) is 6.50. The summed E-state index contributed by atoms with van der Waals surface area (Å²) < 4.78 is 0. The van der Waals surface area contributed by atoms with Crippen molar-refractivity contribution in [3.63, 3.8) is 0 Å². The van der Waals surface area contributed by atoms with E-state index in [9.17, 15) is 0 Å². The molecule has 1 saturated carbocycles. The van der Waals surface area contributed by atoms with Gasteiger partial charge in [-0.1, -0.05) is 32.1 Å². The van der Waals surface area contributed by atoms with E-state index in [1.165, 1.54) is 38.5 Å². The summed E-state index contributed by atoms with van der Waals surface area (Å²) in [6, 6.07) is 0. The first-order valence-electron chi connectivity index (χ1n) is 6.50. The Morgan fingerprint density at radius 2 is 2.00 bits per heavy atom. The van der Waals surface area contributed by atoms with E-state index in [1.54, 1.807) is 0 Å². The fraction of sp³-hybridized carbons (Fsp3) is 0.833. The number of hydrazone groups is 1. The number of carbonyl (C=O) groups is 1. The normalized spacial score (nSPS) is 16.4. The molecule has 0 aromatic rings. The van der Waals surface area contributed by atoms with Gasteiger partial charge in [-0.05, 0) is 18.8 Å². The first kappa shape index (κ1) is 16.9. The van der Waals surface area contributed by atoms with Crippen molar-refractivity contribution < 1.29 is 9.90 Å². The number of rotatable bonds is 5. The number of nitrogens with two attached hydrogens (primary N) is 2. The quantitative estimate of drug-likeness (QED) is 0.336. The molecule has 106 valence electrons. The molecule has 0 bridgehead atoms. The van der Waals surface area contributed by atoms with Gasteiger partial charge in [-0.25, -0.2) is 0 Å². The van der Waals surface area contributed by atoms with E-state index < -0.39 is 12.3 Å². The van der Waals surface area contributed by atoms with E-state index in [2.05, 4.69) is 10.5 Å². The molecule has 0 aromatic carbocycles. The van der Waals surface area contributed by atoms with Gasteiger partial charge in [-0.2, -0.15) is 5.10 Å². The third-order valence-corrected chi connectivity index (χ3v) is 2.74. The van der Waals surface area contributed by atoms with Gasteiger partial charge in [0.2, 0.25) is 0 Å². The molecule has 0 atom stereocenters. The zero-order valence-electron chi connectivity index (χ0n) is 11.1. The second-order valence-electron chi connectivity index (χ2n) is 4.57. The fourth-order valence-corrected chi connectivity index (χ4v) is 1.99. The monoisotopic (exact) mass is 258 g/mol. The predicted octanol–water partition coefficient (Wildman–Crippen LogP) is 1.21. The molecule has 1 aliphatic carbocycles. The Bertz CT molecular complexity index is 234. The number of nitrogens with zero attached hydrogens (tertiary/aromatic N) is 1. The van der Waals surface area contributed by atoms with Crippen molar-refractivity contribution in [2.75, 3.05) is 0 Å². The van der Waals surface area contributed by atoms with Crippen molar-refractivity contribution in [1.29, 1.82) is 0 Å². The molecule has 6 heteroatoms. The highest BCUT2D eigenvalue weighted by Crippen LogP contribution is 2.26. The highest BCUT2D eigenvalue weighted by Gasteiger charge is 2.11. The molecule has 0 aliphatic heterocycles. The van der Waals surface area contributed by atoms with Crippen molar-refractivity contribution in [3.8, 4) is 0 Å². The minimum atomic E-state index is -0.833. The third kappa shape index (κ3) is 12.9. The second kappa shape index (κ2) is 11.0. The SMILES string of the molecule is CC(=O)O.NC(N)NN=CCCC1CCCCC1. The molecule has 0 amide bonds. The molecule has 0 aromatic heterocycles. The van der Waals surface area contributed by atoms with Crippen LogP contribution in [0.15, 0.2) is 5.10 Å². The van der Waals surface area contributed by atoms with Crippen LogP contribution in [0.5, 0.6) is 0 Å². The van der Waals surface area contributed by atoms with E-state index >= 15 is 0 Å². The maximum Gasteiger partial charge on any atom is 0.300 e. The predicted molar refractivity (Wildman–Crippen MR) is 72.9 cm³/mol. The standard InChI is InChI=1S/C10H22N4.C2H4O2/c11-10(12)14-13-8-4-7-9-5-2-1-3-6-9;1-2(3)4/h8-10,14H,1-7,11-12H2;1H3,(H,3,4). The van der Waals surface area contributed by atoms with E-state index in [0.717, 1.165) is 19.3 Å². The van der Waals surface area contributed by atoms with E-state index in [-0.39, 0.29) is 0 Å². The van der Waals surface area contributed by atoms with Crippen molar-refractivity contribution in [3.05, 3.63) is 0 Å². The molecule has 0 spiro atoms. The van der Waals surface area contributed by atoms with Crippen molar-refractivity contribution in [1.82, 2.24) is 5.43 Å². The van der Waals surface area contributed by atoms with Gasteiger partial charge < -0.3 is 5.11 Å². The van der Waals surface area contributed by atoms with E-state index in [1.807, 2.05) is 6.21 Å². The highest BCUT2D eigenvalue weighted by atomic mass is 16.4. The molecule has 6 N–H and O–H groups in total. The van der Waals surface area contributed by atoms with Crippen LogP contribution in [0.25, 0.3) is 0 Å². The van der Waals surface area contributed by atoms with Gasteiger partial charge in [0.15, 0.2) is 0 Å². The van der Waals surface area contributed by atoms with Crippen LogP contribution < -0.4 is 16.9 Å². The van der Waals surface area contributed by atoms with Gasteiger partial charge in [0.25, 0.3) is 5.97 Å². The minimum Gasteiger partial charge on any atom is -0.481 e. The van der Waals surface area contributed by atoms with Crippen LogP contribution in [-0.2, 0) is 4.79 Å². The van der Waals surface area contributed by atoms with E-state index in [4.69, 9.17) is 21.4 Å². The van der Waals surface area contributed by atoms with Crippen LogP contribution >= 0.6 is 0 Å². The number of aliphatic carboxylic acids is 1. The average Bonchev–Trinajstić information content (AvgIpc) is 2.29. The second-order valence-corrected chi connectivity index (χ2v) is 4.57. The Labute approximate surface area is 109 Å². The van der Waals surface area contributed by atoms with Gasteiger partial charge in [0, 0.05) is 13.1 Å². The van der Waals surface area contributed by atoms with Gasteiger partial charge in [-0.15, -0.1) is 0 Å². The summed E-state index contributed by atoms with van der Waals surface area (Å²) >= 11 is 0. The Morgan fingerprint density at radius 3 is 2.50 bits per heavy atom. The summed E-state index contributed by atoms with van der Waals surface area (Å²) in [6.07, 6.45) is 10.7. The maximum atomic E-state index is 9.00. The summed E-state index contributed by atoms with van der Waals surface area (Å²) in [5.74, 6) is 0.0850. The summed E-state index contributed by atoms with van der Waals surface area (Å²) in [7, 11) is 0. The lowest BCUT2D eigenvalue weighted by molar-refractivity contribution is -0.134. The van der Waals surface area contributed by atoms with Crippen molar-refractivity contribution in [2.24, 2.45) is 22.5 Å². The number of nitrogens with one attached hydrogen (secondary N) is 1. The lowest BCUT2D eigenvalue weighted by Crippen LogP contribution is -2.42. The molecular weight excluding hydrogens is 232 g/mol. The van der Waals surface area contributed by atoms with Crippen molar-refractivity contribution in [2.45, 2.75) is 58.2 Å². The molecular formula is C12H26N4O2. The van der Waals surface area contributed by atoms with Crippen LogP contribution in [0.4, 0.5) is 0 Å². The Balaban J connectivity index is 0.000000631.